The molecular formula is C9H10N2. The molecule has 0 spiro atoms. The zero-order valence-corrected chi connectivity index (χ0v) is 6.76. The third kappa shape index (κ3) is 1.04. The maximum atomic E-state index is 4.30. The number of aromatic nitrogens is 1. The second-order valence-corrected chi connectivity index (χ2v) is 3.02. The van der Waals surface area contributed by atoms with Crippen LogP contribution in [-0.4, -0.2) is 10.7 Å². The van der Waals surface area contributed by atoms with Gasteiger partial charge in [0.2, 0.25) is 0 Å². The van der Waals surface area contributed by atoms with Crippen LogP contribution in [0.4, 0.5) is 5.82 Å². The van der Waals surface area contributed by atoms with E-state index in [-0.39, 0.29) is 0 Å². The Morgan fingerprint density at radius 1 is 1.36 bits per heavy atom. The average molecular weight is 146 g/mol. The van der Waals surface area contributed by atoms with Gasteiger partial charge in [0.1, 0.15) is 0 Å². The SMILES string of the molecule is CC1=Nc2ncc(C)cc2C1. The highest BCUT2D eigenvalue weighted by molar-refractivity contribution is 5.91. The van der Waals surface area contributed by atoms with Crippen molar-refractivity contribution < 1.29 is 0 Å². The summed E-state index contributed by atoms with van der Waals surface area (Å²) in [5.74, 6) is 0.910. The Bertz CT molecular complexity index is 326. The largest absolute Gasteiger partial charge is 0.238 e. The van der Waals surface area contributed by atoms with Crippen LogP contribution in [0.15, 0.2) is 17.3 Å². The van der Waals surface area contributed by atoms with Gasteiger partial charge in [0, 0.05) is 23.9 Å². The second-order valence-electron chi connectivity index (χ2n) is 3.02. The number of aryl methyl sites for hydroxylation is 1. The van der Waals surface area contributed by atoms with Crippen LogP contribution in [0.25, 0.3) is 0 Å². The molecule has 2 rings (SSSR count). The fourth-order valence-corrected chi connectivity index (χ4v) is 1.35. The Kier molecular flexibility index (Phi) is 1.28. The Morgan fingerprint density at radius 3 is 3.00 bits per heavy atom. The van der Waals surface area contributed by atoms with Crippen molar-refractivity contribution in [3.05, 3.63) is 23.4 Å². The van der Waals surface area contributed by atoms with E-state index in [1.807, 2.05) is 13.1 Å². The van der Waals surface area contributed by atoms with E-state index in [0.29, 0.717) is 0 Å². The zero-order valence-electron chi connectivity index (χ0n) is 6.76. The van der Waals surface area contributed by atoms with Gasteiger partial charge in [0.25, 0.3) is 0 Å². The quantitative estimate of drug-likeness (QED) is 0.549. The summed E-state index contributed by atoms with van der Waals surface area (Å²) >= 11 is 0. The van der Waals surface area contributed by atoms with E-state index in [4.69, 9.17) is 0 Å². The molecule has 2 heteroatoms. The predicted octanol–water partition coefficient (Wildman–Crippen LogP) is 2.04. The van der Waals surface area contributed by atoms with Crippen molar-refractivity contribution in [2.24, 2.45) is 4.99 Å². The lowest BCUT2D eigenvalue weighted by molar-refractivity contribution is 1.21. The summed E-state index contributed by atoms with van der Waals surface area (Å²) in [6.45, 7) is 4.10. The summed E-state index contributed by atoms with van der Waals surface area (Å²) in [5.41, 5.74) is 3.65. The number of hydrogen-bond acceptors (Lipinski definition) is 2. The highest BCUT2D eigenvalue weighted by Crippen LogP contribution is 2.23. The molecule has 1 aromatic heterocycles. The third-order valence-electron chi connectivity index (χ3n) is 1.82. The van der Waals surface area contributed by atoms with E-state index in [0.717, 1.165) is 18.0 Å². The first-order chi connectivity index (χ1) is 5.25. The Balaban J connectivity index is 2.52. The topological polar surface area (TPSA) is 25.2 Å². The Labute approximate surface area is 66.0 Å². The van der Waals surface area contributed by atoms with Crippen LogP contribution in [0.2, 0.25) is 0 Å². The van der Waals surface area contributed by atoms with Gasteiger partial charge in [0.15, 0.2) is 5.82 Å². The van der Waals surface area contributed by atoms with Crippen molar-refractivity contribution in [3.63, 3.8) is 0 Å². The van der Waals surface area contributed by atoms with Crippen LogP contribution >= 0.6 is 0 Å². The molecular weight excluding hydrogens is 136 g/mol. The summed E-state index contributed by atoms with van der Waals surface area (Å²) in [6.07, 6.45) is 2.84. The lowest BCUT2D eigenvalue weighted by Gasteiger charge is -1.95. The highest BCUT2D eigenvalue weighted by atomic mass is 14.9. The molecule has 0 saturated carbocycles. The molecule has 2 nitrogen and oxygen atoms in total. The number of pyridine rings is 1. The van der Waals surface area contributed by atoms with E-state index in [9.17, 15) is 0 Å². The Hall–Kier alpha value is -1.18. The molecule has 0 fully saturated rings. The van der Waals surface area contributed by atoms with E-state index < -0.39 is 0 Å². The first-order valence-electron chi connectivity index (χ1n) is 3.75. The molecule has 56 valence electrons. The number of aliphatic imine (C=N–C) groups is 1. The van der Waals surface area contributed by atoms with Crippen molar-refractivity contribution in [2.45, 2.75) is 20.3 Å². The van der Waals surface area contributed by atoms with Gasteiger partial charge < -0.3 is 0 Å². The molecule has 1 aliphatic rings. The first-order valence-corrected chi connectivity index (χ1v) is 3.75. The zero-order chi connectivity index (χ0) is 7.84. The number of rotatable bonds is 0. The number of fused-ring (bicyclic) bond motifs is 1. The highest BCUT2D eigenvalue weighted by Gasteiger charge is 2.11. The molecule has 0 aromatic carbocycles. The molecule has 0 unspecified atom stereocenters. The van der Waals surface area contributed by atoms with Gasteiger partial charge >= 0.3 is 0 Å². The molecule has 1 aliphatic heterocycles. The van der Waals surface area contributed by atoms with Gasteiger partial charge in [-0.15, -0.1) is 0 Å². The molecule has 2 heterocycles. The van der Waals surface area contributed by atoms with E-state index in [2.05, 4.69) is 23.0 Å². The Morgan fingerprint density at radius 2 is 2.18 bits per heavy atom. The summed E-state index contributed by atoms with van der Waals surface area (Å²) < 4.78 is 0. The van der Waals surface area contributed by atoms with Crippen LogP contribution in [-0.2, 0) is 6.42 Å². The van der Waals surface area contributed by atoms with Crippen molar-refractivity contribution >= 4 is 11.5 Å². The molecule has 0 saturated heterocycles. The number of nitrogens with zero attached hydrogens (tertiary/aromatic N) is 2. The van der Waals surface area contributed by atoms with Crippen molar-refractivity contribution in [1.82, 2.24) is 4.98 Å². The minimum Gasteiger partial charge on any atom is -0.238 e. The summed E-state index contributed by atoms with van der Waals surface area (Å²) in [7, 11) is 0. The molecule has 1 aromatic rings. The molecule has 0 N–H and O–H groups in total. The molecule has 0 amide bonds. The van der Waals surface area contributed by atoms with Gasteiger partial charge in [0.05, 0.1) is 0 Å². The summed E-state index contributed by atoms with van der Waals surface area (Å²) in [4.78, 5) is 8.52. The van der Waals surface area contributed by atoms with E-state index >= 15 is 0 Å². The van der Waals surface area contributed by atoms with Gasteiger partial charge in [-0.05, 0) is 19.4 Å². The molecule has 0 bridgehead atoms. The van der Waals surface area contributed by atoms with Gasteiger partial charge in [-0.25, -0.2) is 9.98 Å². The molecule has 0 radical (unpaired) electrons. The second kappa shape index (κ2) is 2.16. The lowest BCUT2D eigenvalue weighted by atomic mass is 10.1. The first kappa shape index (κ1) is 6.53. The van der Waals surface area contributed by atoms with Crippen LogP contribution in [0.3, 0.4) is 0 Å². The third-order valence-corrected chi connectivity index (χ3v) is 1.82. The van der Waals surface area contributed by atoms with Crippen LogP contribution in [0.1, 0.15) is 18.1 Å². The number of hydrogen-bond donors (Lipinski definition) is 0. The fourth-order valence-electron chi connectivity index (χ4n) is 1.35. The van der Waals surface area contributed by atoms with Gasteiger partial charge in [-0.1, -0.05) is 6.07 Å². The predicted molar refractivity (Wildman–Crippen MR) is 45.4 cm³/mol. The maximum Gasteiger partial charge on any atom is 0.155 e. The van der Waals surface area contributed by atoms with Gasteiger partial charge in [-0.2, -0.15) is 0 Å². The normalized spacial score (nSPS) is 14.5. The van der Waals surface area contributed by atoms with E-state index in [1.165, 1.54) is 11.1 Å². The van der Waals surface area contributed by atoms with E-state index in [1.54, 1.807) is 0 Å². The fraction of sp³-hybridized carbons (Fsp3) is 0.333. The van der Waals surface area contributed by atoms with Crippen molar-refractivity contribution in [2.75, 3.05) is 0 Å². The average Bonchev–Trinajstić information content (AvgIpc) is 2.27. The standard InChI is InChI=1S/C9H10N2/c1-6-3-8-4-7(2)11-9(8)10-5-6/h3,5H,4H2,1-2H3. The minimum absolute atomic E-state index is 0.910. The van der Waals surface area contributed by atoms with Crippen molar-refractivity contribution in [1.29, 1.82) is 0 Å². The molecule has 0 aliphatic carbocycles. The van der Waals surface area contributed by atoms with Gasteiger partial charge in [-0.3, -0.25) is 0 Å². The molecule has 11 heavy (non-hydrogen) atoms. The van der Waals surface area contributed by atoms with Crippen LogP contribution < -0.4 is 0 Å². The summed E-state index contributed by atoms with van der Waals surface area (Å²) in [6, 6.07) is 2.16. The van der Waals surface area contributed by atoms with Crippen LogP contribution in [0, 0.1) is 6.92 Å². The smallest absolute Gasteiger partial charge is 0.155 e. The monoisotopic (exact) mass is 146 g/mol. The lowest BCUT2D eigenvalue weighted by Crippen LogP contribution is -1.89. The maximum absolute atomic E-state index is 4.30. The molecule has 0 atom stereocenters. The van der Waals surface area contributed by atoms with Crippen molar-refractivity contribution in [3.8, 4) is 0 Å². The van der Waals surface area contributed by atoms with Crippen LogP contribution in [0.5, 0.6) is 0 Å². The minimum atomic E-state index is 0.910. The summed E-state index contributed by atoms with van der Waals surface area (Å²) in [5, 5.41) is 0.